The average Bonchev–Trinajstić information content (AvgIpc) is 3.06. The minimum absolute atomic E-state index is 0. The van der Waals surface area contributed by atoms with Gasteiger partial charge in [-0.15, -0.1) is 46.7 Å². The summed E-state index contributed by atoms with van der Waals surface area (Å²) in [6, 6.07) is 0. The van der Waals surface area contributed by atoms with Crippen LogP contribution in [0, 0.1) is 13.8 Å². The smallest absolute Gasteiger partial charge is 0.191 e. The topological polar surface area (TPSA) is 65.4 Å². The predicted molar refractivity (Wildman–Crippen MR) is 110 cm³/mol. The lowest BCUT2D eigenvalue weighted by molar-refractivity contribution is 0.799. The van der Waals surface area contributed by atoms with Gasteiger partial charge in [0.15, 0.2) is 11.1 Å². The molecule has 9 heteroatoms. The van der Waals surface area contributed by atoms with Gasteiger partial charge < -0.3 is 15.5 Å². The van der Waals surface area contributed by atoms with Crippen molar-refractivity contribution in [2.45, 2.75) is 26.9 Å². The summed E-state index contributed by atoms with van der Waals surface area (Å²) in [5, 5.41) is 10.8. The van der Waals surface area contributed by atoms with E-state index < -0.39 is 0 Å². The molecule has 0 unspecified atom stereocenters. The molecule has 2 aromatic rings. The van der Waals surface area contributed by atoms with Gasteiger partial charge >= 0.3 is 0 Å². The lowest BCUT2D eigenvalue weighted by atomic mass is 10.4. The molecule has 2 N–H and O–H groups in total. The van der Waals surface area contributed by atoms with Crippen LogP contribution in [0.4, 0.5) is 5.13 Å². The van der Waals surface area contributed by atoms with E-state index in [-0.39, 0.29) is 24.0 Å². The predicted octanol–water partition coefficient (Wildman–Crippen LogP) is 2.77. The maximum absolute atomic E-state index is 4.54. The van der Waals surface area contributed by atoms with Gasteiger partial charge in [0.25, 0.3) is 0 Å². The molecule has 2 rings (SSSR count). The Kier molecular flexibility index (Phi) is 8.20. The van der Waals surface area contributed by atoms with Crippen LogP contribution in [-0.2, 0) is 13.1 Å². The fourth-order valence-corrected chi connectivity index (χ4v) is 3.51. The second-order valence-corrected chi connectivity index (χ2v) is 7.16. The molecule has 0 spiro atoms. The van der Waals surface area contributed by atoms with E-state index in [0.717, 1.165) is 34.0 Å². The third kappa shape index (κ3) is 5.88. The maximum Gasteiger partial charge on any atom is 0.191 e. The second-order valence-electron chi connectivity index (χ2n) is 5.04. The van der Waals surface area contributed by atoms with Gasteiger partial charge in [-0.2, -0.15) is 0 Å². The number of rotatable bonds is 5. The van der Waals surface area contributed by atoms with Crippen molar-refractivity contribution in [2.24, 2.45) is 4.99 Å². The molecule has 128 valence electrons. The van der Waals surface area contributed by atoms with Crippen LogP contribution < -0.4 is 15.5 Å². The molecule has 0 saturated heterocycles. The van der Waals surface area contributed by atoms with E-state index in [1.54, 1.807) is 29.7 Å². The second kappa shape index (κ2) is 9.38. The van der Waals surface area contributed by atoms with Crippen LogP contribution in [0.25, 0.3) is 0 Å². The Bertz CT molecular complexity index is 649. The molecule has 0 fully saturated rings. The third-order valence-corrected chi connectivity index (χ3v) is 5.13. The zero-order valence-corrected chi connectivity index (χ0v) is 18.0. The largest absolute Gasteiger partial charge is 0.354 e. The zero-order valence-electron chi connectivity index (χ0n) is 14.0. The number of hydrogen-bond donors (Lipinski definition) is 2. The van der Waals surface area contributed by atoms with Crippen LogP contribution in [-0.4, -0.2) is 37.1 Å². The van der Waals surface area contributed by atoms with Crippen LogP contribution >= 0.6 is 46.7 Å². The Morgan fingerprint density at radius 1 is 1.22 bits per heavy atom. The first-order valence-electron chi connectivity index (χ1n) is 6.98. The van der Waals surface area contributed by atoms with Gasteiger partial charge in [0.2, 0.25) is 0 Å². The van der Waals surface area contributed by atoms with Gasteiger partial charge in [0, 0.05) is 31.4 Å². The summed E-state index contributed by atoms with van der Waals surface area (Å²) in [6.07, 6.45) is 0. The number of nitrogens with one attached hydrogen (secondary N) is 2. The van der Waals surface area contributed by atoms with E-state index in [2.05, 4.69) is 31.0 Å². The third-order valence-electron chi connectivity index (χ3n) is 3.00. The average molecular weight is 466 g/mol. The molecule has 2 aromatic heterocycles. The monoisotopic (exact) mass is 466 g/mol. The van der Waals surface area contributed by atoms with Crippen molar-refractivity contribution in [3.05, 3.63) is 26.7 Å². The number of thiazole rings is 2. The first-order chi connectivity index (χ1) is 10.5. The molecule has 0 atom stereocenters. The highest BCUT2D eigenvalue weighted by Gasteiger charge is 2.07. The van der Waals surface area contributed by atoms with Crippen LogP contribution in [0.1, 0.15) is 21.3 Å². The van der Waals surface area contributed by atoms with Crippen LogP contribution in [0.15, 0.2) is 10.4 Å². The minimum atomic E-state index is 0. The van der Waals surface area contributed by atoms with Crippen molar-refractivity contribution >= 4 is 57.7 Å². The van der Waals surface area contributed by atoms with Crippen molar-refractivity contribution in [1.29, 1.82) is 0 Å². The number of anilines is 1. The van der Waals surface area contributed by atoms with Crippen LogP contribution in [0.3, 0.4) is 0 Å². The van der Waals surface area contributed by atoms with Gasteiger partial charge in [0.05, 0.1) is 29.5 Å². The number of aliphatic imine (C=N–C) groups is 1. The number of aryl methyl sites for hydroxylation is 2. The molecular weight excluding hydrogens is 443 g/mol. The molecule has 23 heavy (non-hydrogen) atoms. The summed E-state index contributed by atoms with van der Waals surface area (Å²) in [6.45, 7) is 5.45. The summed E-state index contributed by atoms with van der Waals surface area (Å²) in [5.41, 5.74) is 2.10. The Hall–Kier alpha value is -0.940. The fraction of sp³-hybridized carbons (Fsp3) is 0.500. The Balaban J connectivity index is 0.00000264. The maximum atomic E-state index is 4.54. The summed E-state index contributed by atoms with van der Waals surface area (Å²) in [4.78, 5) is 16.5. The van der Waals surface area contributed by atoms with E-state index in [1.165, 1.54) is 4.88 Å². The number of guanidine groups is 1. The lowest BCUT2D eigenvalue weighted by Gasteiger charge is -2.10. The fourth-order valence-electron chi connectivity index (χ4n) is 1.88. The summed E-state index contributed by atoms with van der Waals surface area (Å²) < 4.78 is 0. The quantitative estimate of drug-likeness (QED) is 0.403. The summed E-state index contributed by atoms with van der Waals surface area (Å²) in [7, 11) is 5.76. The SMILES string of the molecule is CN=C(NCc1csc(N(C)C)n1)NCc1sc(C)nc1C.I. The van der Waals surface area contributed by atoms with Crippen molar-refractivity contribution in [3.8, 4) is 0 Å². The molecule has 0 aliphatic carbocycles. The molecule has 0 saturated carbocycles. The van der Waals surface area contributed by atoms with Gasteiger partial charge in [-0.05, 0) is 13.8 Å². The molecule has 0 aromatic carbocycles. The van der Waals surface area contributed by atoms with Gasteiger partial charge in [-0.3, -0.25) is 4.99 Å². The molecule has 0 amide bonds. The summed E-state index contributed by atoms with van der Waals surface area (Å²) >= 11 is 3.36. The standard InChI is InChI=1S/C14H22N6S2.HI/c1-9-12(22-10(2)18-9)7-17-13(15-3)16-6-11-8-21-14(19-11)20(4)5;/h8H,6-7H2,1-5H3,(H2,15,16,17);1H. The molecule has 2 heterocycles. The number of halogens is 1. The van der Waals surface area contributed by atoms with E-state index in [9.17, 15) is 0 Å². The van der Waals surface area contributed by atoms with E-state index in [4.69, 9.17) is 0 Å². The Morgan fingerprint density at radius 2 is 1.91 bits per heavy atom. The Morgan fingerprint density at radius 3 is 2.43 bits per heavy atom. The van der Waals surface area contributed by atoms with E-state index >= 15 is 0 Å². The zero-order chi connectivity index (χ0) is 16.1. The molecular formula is C14H23IN6S2. The highest BCUT2D eigenvalue weighted by Crippen LogP contribution is 2.18. The summed E-state index contributed by atoms with van der Waals surface area (Å²) in [5.74, 6) is 0.768. The molecule has 6 nitrogen and oxygen atoms in total. The van der Waals surface area contributed by atoms with Gasteiger partial charge in [0.1, 0.15) is 0 Å². The number of nitrogens with zero attached hydrogens (tertiary/aromatic N) is 4. The number of aromatic nitrogens is 2. The number of hydrogen-bond acceptors (Lipinski definition) is 6. The lowest BCUT2D eigenvalue weighted by Crippen LogP contribution is -2.36. The van der Waals surface area contributed by atoms with Gasteiger partial charge in [-0.1, -0.05) is 0 Å². The first-order valence-corrected chi connectivity index (χ1v) is 8.68. The van der Waals surface area contributed by atoms with Crippen LogP contribution in [0.2, 0.25) is 0 Å². The van der Waals surface area contributed by atoms with Crippen LogP contribution in [0.5, 0.6) is 0 Å². The van der Waals surface area contributed by atoms with Crippen molar-refractivity contribution in [1.82, 2.24) is 20.6 Å². The van der Waals surface area contributed by atoms with Crippen molar-refractivity contribution < 1.29 is 0 Å². The molecule has 0 aliphatic rings. The first kappa shape index (κ1) is 20.1. The molecule has 0 bridgehead atoms. The normalized spacial score (nSPS) is 11.1. The van der Waals surface area contributed by atoms with E-state index in [1.807, 2.05) is 32.8 Å². The molecule has 0 aliphatic heterocycles. The van der Waals surface area contributed by atoms with Crippen molar-refractivity contribution in [2.75, 3.05) is 26.0 Å². The highest BCUT2D eigenvalue weighted by atomic mass is 127. The highest BCUT2D eigenvalue weighted by molar-refractivity contribution is 14.0. The molecule has 0 radical (unpaired) electrons. The minimum Gasteiger partial charge on any atom is -0.354 e. The van der Waals surface area contributed by atoms with Crippen molar-refractivity contribution in [3.63, 3.8) is 0 Å². The Labute approximate surface area is 162 Å². The van der Waals surface area contributed by atoms with E-state index in [0.29, 0.717) is 6.54 Å². The van der Waals surface area contributed by atoms with Gasteiger partial charge in [-0.25, -0.2) is 9.97 Å².